The van der Waals surface area contributed by atoms with Crippen molar-refractivity contribution in [2.24, 2.45) is 10.7 Å². The largest absolute Gasteiger partial charge is 0.508 e. The van der Waals surface area contributed by atoms with E-state index >= 15 is 0 Å². The maximum absolute atomic E-state index is 9.46. The number of hydrogen-bond acceptors (Lipinski definition) is 4. The summed E-state index contributed by atoms with van der Waals surface area (Å²) in [4.78, 5) is 4.00. The van der Waals surface area contributed by atoms with E-state index in [1.165, 1.54) is 0 Å². The molecular formula is C13H18N2O2. The van der Waals surface area contributed by atoms with Crippen LogP contribution in [0.5, 0.6) is 5.75 Å². The summed E-state index contributed by atoms with van der Waals surface area (Å²) in [5.74, 6) is 0.767. The van der Waals surface area contributed by atoms with Gasteiger partial charge in [0.05, 0.1) is 7.11 Å². The normalized spacial score (nSPS) is 13.3. The Balaban J connectivity index is 3.23. The average Bonchev–Trinajstić information content (AvgIpc) is 2.33. The molecule has 1 aromatic rings. The molecule has 0 unspecified atom stereocenters. The molecule has 92 valence electrons. The summed E-state index contributed by atoms with van der Waals surface area (Å²) in [6, 6.07) is 5.22. The number of phenolic OH excluding ortho intramolecular Hbond substituents is 1. The first-order valence-electron chi connectivity index (χ1n) is 5.28. The van der Waals surface area contributed by atoms with E-state index in [9.17, 15) is 5.11 Å². The van der Waals surface area contributed by atoms with Crippen molar-refractivity contribution in [3.05, 3.63) is 34.9 Å². The molecule has 17 heavy (non-hydrogen) atoms. The summed E-state index contributed by atoms with van der Waals surface area (Å²) in [6.45, 7) is 3.68. The zero-order valence-electron chi connectivity index (χ0n) is 10.6. The first-order chi connectivity index (χ1) is 8.01. The van der Waals surface area contributed by atoms with Crippen LogP contribution in [0.15, 0.2) is 28.8 Å². The second-order valence-corrected chi connectivity index (χ2v) is 3.77. The lowest BCUT2D eigenvalue weighted by molar-refractivity contribution is 0.403. The van der Waals surface area contributed by atoms with Crippen LogP contribution in [-0.4, -0.2) is 25.2 Å². The van der Waals surface area contributed by atoms with Gasteiger partial charge in [-0.3, -0.25) is 4.99 Å². The van der Waals surface area contributed by atoms with Crippen LogP contribution in [0.3, 0.4) is 0 Å². The number of methoxy groups -OCH3 is 1. The quantitative estimate of drug-likeness (QED) is 0.608. The van der Waals surface area contributed by atoms with Gasteiger partial charge < -0.3 is 15.6 Å². The van der Waals surface area contributed by atoms with Gasteiger partial charge >= 0.3 is 0 Å². The molecule has 0 aliphatic carbocycles. The van der Waals surface area contributed by atoms with E-state index in [1.54, 1.807) is 26.3 Å². The number of hydrogen-bond donors (Lipinski definition) is 2. The fourth-order valence-electron chi connectivity index (χ4n) is 1.57. The number of benzene rings is 1. The van der Waals surface area contributed by atoms with E-state index in [2.05, 4.69) is 4.99 Å². The number of phenols is 1. The number of nitrogens with zero attached hydrogens (tertiary/aromatic N) is 1. The van der Waals surface area contributed by atoms with Crippen molar-refractivity contribution in [3.63, 3.8) is 0 Å². The molecule has 4 nitrogen and oxygen atoms in total. The van der Waals surface area contributed by atoms with Gasteiger partial charge in [-0.2, -0.15) is 0 Å². The predicted octanol–water partition coefficient (Wildman–Crippen LogP) is 2.07. The van der Waals surface area contributed by atoms with Crippen LogP contribution in [0.1, 0.15) is 18.1 Å². The van der Waals surface area contributed by atoms with Crippen molar-refractivity contribution in [2.45, 2.75) is 13.8 Å². The van der Waals surface area contributed by atoms with Crippen LogP contribution in [0.2, 0.25) is 0 Å². The summed E-state index contributed by atoms with van der Waals surface area (Å²) in [7, 11) is 3.21. The van der Waals surface area contributed by atoms with Gasteiger partial charge in [0.1, 0.15) is 5.75 Å². The van der Waals surface area contributed by atoms with Crippen LogP contribution >= 0.6 is 0 Å². The van der Waals surface area contributed by atoms with E-state index in [4.69, 9.17) is 10.5 Å². The van der Waals surface area contributed by atoms with Gasteiger partial charge in [-0.25, -0.2) is 0 Å². The van der Waals surface area contributed by atoms with E-state index in [1.807, 2.05) is 19.9 Å². The maximum Gasteiger partial charge on any atom is 0.213 e. The highest BCUT2D eigenvalue weighted by molar-refractivity contribution is 6.00. The van der Waals surface area contributed by atoms with Crippen LogP contribution in [0.4, 0.5) is 0 Å². The molecule has 0 saturated heterocycles. The molecule has 3 N–H and O–H groups in total. The van der Waals surface area contributed by atoms with Gasteiger partial charge in [-0.1, -0.05) is 0 Å². The molecule has 0 bridgehead atoms. The lowest BCUT2D eigenvalue weighted by Gasteiger charge is -2.10. The average molecular weight is 234 g/mol. The Kier molecular flexibility index (Phi) is 4.15. The van der Waals surface area contributed by atoms with Gasteiger partial charge in [0.15, 0.2) is 0 Å². The first kappa shape index (κ1) is 13.1. The second-order valence-electron chi connectivity index (χ2n) is 3.77. The standard InChI is InChI=1S/C13H18N2O2/c1-8-7-10(5-6-11(8)16)12(14)9(2)13(15-3)17-4/h5-7,16H,14H2,1-4H3. The zero-order valence-corrected chi connectivity index (χ0v) is 10.6. The second kappa shape index (κ2) is 5.39. The van der Waals surface area contributed by atoms with Crippen molar-refractivity contribution in [2.75, 3.05) is 14.2 Å². The summed E-state index contributed by atoms with van der Waals surface area (Å²) < 4.78 is 5.12. The molecule has 0 radical (unpaired) electrons. The van der Waals surface area contributed by atoms with E-state index in [0.717, 1.165) is 16.7 Å². The lowest BCUT2D eigenvalue weighted by Crippen LogP contribution is -2.10. The monoisotopic (exact) mass is 234 g/mol. The zero-order chi connectivity index (χ0) is 13.0. The minimum atomic E-state index is 0.260. The van der Waals surface area contributed by atoms with E-state index in [0.29, 0.717) is 11.6 Å². The Bertz CT molecular complexity index is 476. The van der Waals surface area contributed by atoms with Gasteiger partial charge in [0.25, 0.3) is 0 Å². The molecule has 0 spiro atoms. The smallest absolute Gasteiger partial charge is 0.213 e. The summed E-state index contributed by atoms with van der Waals surface area (Å²) in [5, 5.41) is 9.46. The number of rotatable bonds is 2. The molecule has 0 saturated carbocycles. The van der Waals surface area contributed by atoms with Crippen LogP contribution in [-0.2, 0) is 4.74 Å². The van der Waals surface area contributed by atoms with Crippen molar-refractivity contribution in [1.82, 2.24) is 0 Å². The summed E-state index contributed by atoms with van der Waals surface area (Å²) >= 11 is 0. The summed E-state index contributed by atoms with van der Waals surface area (Å²) in [6.07, 6.45) is 0. The van der Waals surface area contributed by atoms with Gasteiger partial charge in [0, 0.05) is 18.3 Å². The Hall–Kier alpha value is -1.97. The molecule has 0 amide bonds. The van der Waals surface area contributed by atoms with Crippen LogP contribution < -0.4 is 5.73 Å². The molecule has 0 fully saturated rings. The highest BCUT2D eigenvalue weighted by Crippen LogP contribution is 2.22. The minimum Gasteiger partial charge on any atom is -0.508 e. The fraction of sp³-hybridized carbons (Fsp3) is 0.308. The number of nitrogens with two attached hydrogens (primary N) is 1. The Morgan fingerprint density at radius 3 is 2.53 bits per heavy atom. The predicted molar refractivity (Wildman–Crippen MR) is 70.0 cm³/mol. The number of aliphatic imine (C=N–C) groups is 1. The Morgan fingerprint density at radius 1 is 1.41 bits per heavy atom. The Morgan fingerprint density at radius 2 is 2.06 bits per heavy atom. The number of aromatic hydroxyl groups is 1. The Labute approximate surface area is 101 Å². The van der Waals surface area contributed by atoms with Crippen LogP contribution in [0.25, 0.3) is 5.70 Å². The maximum atomic E-state index is 9.46. The highest BCUT2D eigenvalue weighted by Gasteiger charge is 2.09. The molecule has 1 rings (SSSR count). The SMILES string of the molecule is CN=C(OC)C(C)=C(N)c1ccc(O)c(C)c1. The summed E-state index contributed by atoms with van der Waals surface area (Å²) in [5.41, 5.74) is 9.04. The minimum absolute atomic E-state index is 0.260. The van der Waals surface area contributed by atoms with Gasteiger partial charge in [-0.05, 0) is 43.2 Å². The van der Waals surface area contributed by atoms with Gasteiger partial charge in [0.2, 0.25) is 5.90 Å². The molecule has 1 aromatic carbocycles. The lowest BCUT2D eigenvalue weighted by atomic mass is 10.0. The van der Waals surface area contributed by atoms with Crippen molar-refractivity contribution >= 4 is 11.6 Å². The molecule has 0 aromatic heterocycles. The first-order valence-corrected chi connectivity index (χ1v) is 5.28. The van der Waals surface area contributed by atoms with E-state index < -0.39 is 0 Å². The molecule has 0 heterocycles. The van der Waals surface area contributed by atoms with Gasteiger partial charge in [-0.15, -0.1) is 0 Å². The molecule has 0 atom stereocenters. The third-order valence-corrected chi connectivity index (χ3v) is 2.63. The van der Waals surface area contributed by atoms with Crippen molar-refractivity contribution < 1.29 is 9.84 Å². The fourth-order valence-corrected chi connectivity index (χ4v) is 1.57. The molecule has 4 heteroatoms. The number of ether oxygens (including phenoxy) is 1. The molecular weight excluding hydrogens is 216 g/mol. The molecule has 0 aliphatic heterocycles. The molecule has 0 aliphatic rings. The van der Waals surface area contributed by atoms with Crippen LogP contribution in [0, 0.1) is 6.92 Å². The van der Waals surface area contributed by atoms with Crippen molar-refractivity contribution in [1.29, 1.82) is 0 Å². The third kappa shape index (κ3) is 2.78. The third-order valence-electron chi connectivity index (χ3n) is 2.63. The van der Waals surface area contributed by atoms with E-state index in [-0.39, 0.29) is 5.75 Å². The topological polar surface area (TPSA) is 67.8 Å². The highest BCUT2D eigenvalue weighted by atomic mass is 16.5. The van der Waals surface area contributed by atoms with Crippen molar-refractivity contribution in [3.8, 4) is 5.75 Å². The number of aryl methyl sites for hydroxylation is 1.